The first-order valence-electron chi connectivity index (χ1n) is 6.01. The van der Waals surface area contributed by atoms with Crippen LogP contribution in [0, 0.1) is 5.82 Å². The van der Waals surface area contributed by atoms with Gasteiger partial charge in [0.2, 0.25) is 0 Å². The van der Waals surface area contributed by atoms with Crippen LogP contribution in [-0.4, -0.2) is 17.1 Å². The average molecular weight is 270 g/mol. The summed E-state index contributed by atoms with van der Waals surface area (Å²) in [7, 11) is 1.49. The highest BCUT2D eigenvalue weighted by Crippen LogP contribution is 2.22. The minimum Gasteiger partial charge on any atom is -0.496 e. The van der Waals surface area contributed by atoms with E-state index in [9.17, 15) is 9.18 Å². The van der Waals surface area contributed by atoms with Crippen LogP contribution < -0.4 is 10.2 Å². The molecule has 2 aromatic heterocycles. The summed E-state index contributed by atoms with van der Waals surface area (Å²) in [6.07, 6.45) is 1.55. The van der Waals surface area contributed by atoms with E-state index < -0.39 is 0 Å². The molecule has 0 fully saturated rings. The third-order valence-electron chi connectivity index (χ3n) is 3.04. The van der Waals surface area contributed by atoms with Crippen LogP contribution >= 0.6 is 0 Å². The van der Waals surface area contributed by atoms with E-state index in [1.54, 1.807) is 24.4 Å². The number of nitrogens with zero attached hydrogens (tertiary/aromatic N) is 1. The number of halogens is 1. The molecule has 3 aromatic rings. The van der Waals surface area contributed by atoms with Crippen molar-refractivity contribution in [1.29, 1.82) is 0 Å². The Morgan fingerprint density at radius 1 is 1.25 bits per heavy atom. The Labute approximate surface area is 113 Å². The van der Waals surface area contributed by atoms with E-state index in [1.165, 1.54) is 25.3 Å². The molecule has 0 atom stereocenters. The van der Waals surface area contributed by atoms with Crippen LogP contribution in [-0.2, 0) is 0 Å². The van der Waals surface area contributed by atoms with Crippen molar-refractivity contribution in [3.63, 3.8) is 0 Å². The molecule has 0 aliphatic heterocycles. The third-order valence-corrected chi connectivity index (χ3v) is 3.04. The summed E-state index contributed by atoms with van der Waals surface area (Å²) in [6, 6.07) is 9.06. The first-order valence-corrected chi connectivity index (χ1v) is 6.01. The van der Waals surface area contributed by atoms with Gasteiger partial charge in [0.15, 0.2) is 5.43 Å². The maximum absolute atomic E-state index is 13.3. The number of pyridine rings is 2. The van der Waals surface area contributed by atoms with Gasteiger partial charge in [0.25, 0.3) is 0 Å². The van der Waals surface area contributed by atoms with Gasteiger partial charge >= 0.3 is 0 Å². The second-order valence-corrected chi connectivity index (χ2v) is 4.29. The minimum absolute atomic E-state index is 0.219. The van der Waals surface area contributed by atoms with Crippen molar-refractivity contribution in [2.24, 2.45) is 0 Å². The van der Waals surface area contributed by atoms with Gasteiger partial charge < -0.3 is 9.72 Å². The quantitative estimate of drug-likeness (QED) is 0.779. The van der Waals surface area contributed by atoms with E-state index >= 15 is 0 Å². The Morgan fingerprint density at radius 3 is 2.85 bits per heavy atom. The molecule has 100 valence electrons. The number of aromatic nitrogens is 2. The molecule has 1 N–H and O–H groups in total. The standard InChI is InChI=1S/C15H11FN2O2/c1-20-13-5-6-17-15-14(13)12(19)8-11(18-15)9-3-2-4-10(16)7-9/h2-8H,1H3,(H,17,18,19). The summed E-state index contributed by atoms with van der Waals surface area (Å²) in [5, 5.41) is 0.384. The lowest BCUT2D eigenvalue weighted by molar-refractivity contribution is 0.419. The SMILES string of the molecule is COc1ccnc2[nH]c(-c3cccc(F)c3)cc(=O)c12. The van der Waals surface area contributed by atoms with Crippen LogP contribution in [0.1, 0.15) is 0 Å². The molecule has 0 saturated carbocycles. The van der Waals surface area contributed by atoms with Gasteiger partial charge in [-0.3, -0.25) is 4.79 Å². The zero-order chi connectivity index (χ0) is 14.1. The lowest BCUT2D eigenvalue weighted by atomic mass is 10.1. The fourth-order valence-corrected chi connectivity index (χ4v) is 2.13. The predicted molar refractivity (Wildman–Crippen MR) is 74.3 cm³/mol. The van der Waals surface area contributed by atoms with Gasteiger partial charge in [0.05, 0.1) is 12.8 Å². The van der Waals surface area contributed by atoms with Crippen LogP contribution in [0.5, 0.6) is 5.75 Å². The normalized spacial score (nSPS) is 10.7. The second kappa shape index (κ2) is 4.77. The van der Waals surface area contributed by atoms with Gasteiger partial charge in [0.1, 0.15) is 22.6 Å². The van der Waals surface area contributed by atoms with E-state index in [0.717, 1.165) is 0 Å². The molecule has 3 rings (SSSR count). The number of ether oxygens (including phenoxy) is 1. The summed E-state index contributed by atoms with van der Waals surface area (Å²) < 4.78 is 18.4. The Balaban J connectivity index is 2.28. The molecule has 1 aromatic carbocycles. The molecular formula is C15H11FN2O2. The van der Waals surface area contributed by atoms with Crippen LogP contribution in [0.3, 0.4) is 0 Å². The zero-order valence-corrected chi connectivity index (χ0v) is 10.7. The Morgan fingerprint density at radius 2 is 2.10 bits per heavy atom. The molecule has 0 bridgehead atoms. The van der Waals surface area contributed by atoms with E-state index in [2.05, 4.69) is 9.97 Å². The van der Waals surface area contributed by atoms with E-state index in [-0.39, 0.29) is 11.2 Å². The highest BCUT2D eigenvalue weighted by atomic mass is 19.1. The molecular weight excluding hydrogens is 259 g/mol. The van der Waals surface area contributed by atoms with E-state index in [1.807, 2.05) is 0 Å². The van der Waals surface area contributed by atoms with E-state index in [0.29, 0.717) is 28.0 Å². The molecule has 2 heterocycles. The van der Waals surface area contributed by atoms with E-state index in [4.69, 9.17) is 4.74 Å². The number of benzene rings is 1. The molecule has 0 spiro atoms. The van der Waals surface area contributed by atoms with Crippen molar-refractivity contribution in [1.82, 2.24) is 9.97 Å². The van der Waals surface area contributed by atoms with Gasteiger partial charge in [-0.15, -0.1) is 0 Å². The number of aromatic amines is 1. The van der Waals surface area contributed by atoms with Crippen LogP contribution in [0.2, 0.25) is 0 Å². The predicted octanol–water partition coefficient (Wildman–Crippen LogP) is 2.74. The van der Waals surface area contributed by atoms with Gasteiger partial charge in [-0.2, -0.15) is 0 Å². The Bertz CT molecular complexity index is 843. The highest BCUT2D eigenvalue weighted by molar-refractivity contribution is 5.83. The molecule has 0 radical (unpaired) electrons. The molecule has 0 amide bonds. The first kappa shape index (κ1) is 12.3. The number of fused-ring (bicyclic) bond motifs is 1. The van der Waals surface area contributed by atoms with Gasteiger partial charge in [0, 0.05) is 17.8 Å². The number of nitrogens with one attached hydrogen (secondary N) is 1. The van der Waals surface area contributed by atoms with Crippen LogP contribution in [0.25, 0.3) is 22.3 Å². The summed E-state index contributed by atoms with van der Waals surface area (Å²) in [6.45, 7) is 0. The highest BCUT2D eigenvalue weighted by Gasteiger charge is 2.10. The van der Waals surface area contributed by atoms with Gasteiger partial charge in [-0.25, -0.2) is 9.37 Å². The second-order valence-electron chi connectivity index (χ2n) is 4.29. The lowest BCUT2D eigenvalue weighted by Gasteiger charge is -2.07. The monoisotopic (exact) mass is 270 g/mol. The minimum atomic E-state index is -0.359. The van der Waals surface area contributed by atoms with Gasteiger partial charge in [-0.05, 0) is 18.2 Å². The van der Waals surface area contributed by atoms with Crippen molar-refractivity contribution in [2.75, 3.05) is 7.11 Å². The van der Waals surface area contributed by atoms with Crippen molar-refractivity contribution in [3.8, 4) is 17.0 Å². The maximum atomic E-state index is 13.3. The van der Waals surface area contributed by atoms with Crippen molar-refractivity contribution >= 4 is 11.0 Å². The van der Waals surface area contributed by atoms with Crippen LogP contribution in [0.15, 0.2) is 47.4 Å². The smallest absolute Gasteiger partial charge is 0.195 e. The number of H-pyrrole nitrogens is 1. The molecule has 4 nitrogen and oxygen atoms in total. The molecule has 5 heteroatoms. The lowest BCUT2D eigenvalue weighted by Crippen LogP contribution is -2.06. The largest absolute Gasteiger partial charge is 0.496 e. The molecule has 0 saturated heterocycles. The van der Waals surface area contributed by atoms with Gasteiger partial charge in [-0.1, -0.05) is 12.1 Å². The summed E-state index contributed by atoms with van der Waals surface area (Å²) in [5.41, 5.74) is 1.30. The van der Waals surface area contributed by atoms with Crippen molar-refractivity contribution in [2.45, 2.75) is 0 Å². The summed E-state index contributed by atoms with van der Waals surface area (Å²) in [5.74, 6) is 0.101. The topological polar surface area (TPSA) is 55.0 Å². The average Bonchev–Trinajstić information content (AvgIpc) is 2.46. The zero-order valence-electron chi connectivity index (χ0n) is 10.7. The molecule has 0 unspecified atom stereocenters. The van der Waals surface area contributed by atoms with Crippen molar-refractivity contribution < 1.29 is 9.13 Å². The summed E-state index contributed by atoms with van der Waals surface area (Å²) >= 11 is 0. The Kier molecular flexibility index (Phi) is 2.95. The summed E-state index contributed by atoms with van der Waals surface area (Å²) in [4.78, 5) is 19.4. The number of rotatable bonds is 2. The number of methoxy groups -OCH3 is 1. The number of hydrogen-bond acceptors (Lipinski definition) is 3. The van der Waals surface area contributed by atoms with Crippen LogP contribution in [0.4, 0.5) is 4.39 Å². The fraction of sp³-hybridized carbons (Fsp3) is 0.0667. The first-order chi connectivity index (χ1) is 9.69. The number of hydrogen-bond donors (Lipinski definition) is 1. The molecule has 20 heavy (non-hydrogen) atoms. The molecule has 0 aliphatic carbocycles. The third kappa shape index (κ3) is 2.03. The Hall–Kier alpha value is -2.69. The van der Waals surface area contributed by atoms with Crippen molar-refractivity contribution in [3.05, 3.63) is 58.6 Å². The molecule has 0 aliphatic rings. The fourth-order valence-electron chi connectivity index (χ4n) is 2.13. The maximum Gasteiger partial charge on any atom is 0.195 e.